The van der Waals surface area contributed by atoms with Gasteiger partial charge < -0.3 is 19.1 Å². The molecule has 0 aliphatic carbocycles. The van der Waals surface area contributed by atoms with Gasteiger partial charge >= 0.3 is 5.97 Å². The highest BCUT2D eigenvalue weighted by Gasteiger charge is 2.27. The lowest BCUT2D eigenvalue weighted by atomic mass is 10.0. The molecule has 8 nitrogen and oxygen atoms in total. The highest BCUT2D eigenvalue weighted by molar-refractivity contribution is 7.89. The molecule has 4 aromatic rings. The van der Waals surface area contributed by atoms with Gasteiger partial charge in [0.25, 0.3) is 0 Å². The zero-order chi connectivity index (χ0) is 28.0. The van der Waals surface area contributed by atoms with Crippen LogP contribution in [0.5, 0.6) is 11.5 Å². The molecule has 9 heteroatoms. The molecule has 4 rings (SSSR count). The second kappa shape index (κ2) is 12.1. The van der Waals surface area contributed by atoms with Crippen LogP contribution in [0.25, 0.3) is 10.9 Å². The van der Waals surface area contributed by atoms with Gasteiger partial charge in [-0.25, -0.2) is 8.42 Å². The first-order valence-corrected chi connectivity index (χ1v) is 13.8. The van der Waals surface area contributed by atoms with Crippen LogP contribution >= 0.6 is 0 Å². The number of rotatable bonds is 11. The number of carboxylic acid groups (broad SMARTS) is 1. The van der Waals surface area contributed by atoms with Gasteiger partial charge in [-0.2, -0.15) is 4.72 Å². The number of aromatic nitrogens is 1. The van der Waals surface area contributed by atoms with Gasteiger partial charge in [0.2, 0.25) is 10.0 Å². The van der Waals surface area contributed by atoms with E-state index in [1.807, 2.05) is 60.2 Å². The first kappa shape index (κ1) is 27.8. The minimum absolute atomic E-state index is 0.0312. The van der Waals surface area contributed by atoms with Crippen molar-refractivity contribution in [2.75, 3.05) is 13.7 Å². The number of nitrogens with zero attached hydrogens (tertiary/aromatic N) is 1. The van der Waals surface area contributed by atoms with E-state index in [9.17, 15) is 18.3 Å². The molecule has 0 aliphatic heterocycles. The van der Waals surface area contributed by atoms with Crippen molar-refractivity contribution in [2.45, 2.75) is 37.8 Å². The number of carbonyl (C=O) groups is 1. The maximum absolute atomic E-state index is 13.1. The summed E-state index contributed by atoms with van der Waals surface area (Å²) < 4.78 is 41.3. The van der Waals surface area contributed by atoms with Crippen molar-refractivity contribution in [1.29, 1.82) is 0 Å². The molecule has 3 aromatic carbocycles. The van der Waals surface area contributed by atoms with Gasteiger partial charge in [-0.1, -0.05) is 29.7 Å². The van der Waals surface area contributed by atoms with Crippen LogP contribution in [0, 0.1) is 18.8 Å². The molecule has 2 N–H and O–H groups in total. The lowest BCUT2D eigenvalue weighted by molar-refractivity contribution is -0.138. The van der Waals surface area contributed by atoms with E-state index in [1.54, 1.807) is 14.0 Å². The number of hydrogen-bond donors (Lipinski definition) is 2. The van der Waals surface area contributed by atoms with Gasteiger partial charge in [0.15, 0.2) is 0 Å². The summed E-state index contributed by atoms with van der Waals surface area (Å²) in [6.07, 6.45) is 1.86. The molecule has 0 bridgehead atoms. The molecule has 1 heterocycles. The Morgan fingerprint density at radius 2 is 1.85 bits per heavy atom. The van der Waals surface area contributed by atoms with Gasteiger partial charge in [-0.3, -0.25) is 4.79 Å². The van der Waals surface area contributed by atoms with E-state index in [4.69, 9.17) is 9.47 Å². The van der Waals surface area contributed by atoms with Crippen LogP contribution in [0.3, 0.4) is 0 Å². The summed E-state index contributed by atoms with van der Waals surface area (Å²) in [4.78, 5) is 12.1. The van der Waals surface area contributed by atoms with Crippen LogP contribution in [-0.2, 0) is 27.8 Å². The second-order valence-electron chi connectivity index (χ2n) is 9.06. The highest BCUT2D eigenvalue weighted by Crippen LogP contribution is 2.26. The minimum Gasteiger partial charge on any atom is -0.497 e. The Kier molecular flexibility index (Phi) is 8.59. The van der Waals surface area contributed by atoms with Crippen molar-refractivity contribution >= 4 is 26.9 Å². The number of ether oxygens (including phenoxy) is 2. The van der Waals surface area contributed by atoms with E-state index in [1.165, 1.54) is 24.3 Å². The minimum atomic E-state index is -4.11. The lowest BCUT2D eigenvalue weighted by Crippen LogP contribution is -2.42. The number of nitrogens with one attached hydrogen (secondary N) is 1. The zero-order valence-corrected chi connectivity index (χ0v) is 22.8. The van der Waals surface area contributed by atoms with Crippen molar-refractivity contribution in [3.8, 4) is 23.3 Å². The average molecular weight is 547 g/mol. The number of fused-ring (bicyclic) bond motifs is 1. The van der Waals surface area contributed by atoms with Crippen molar-refractivity contribution in [2.24, 2.45) is 0 Å². The Hall–Kier alpha value is -4.26. The summed E-state index contributed by atoms with van der Waals surface area (Å²) in [6, 6.07) is 18.1. The van der Waals surface area contributed by atoms with Crippen molar-refractivity contribution in [3.63, 3.8) is 0 Å². The predicted molar refractivity (Wildman–Crippen MR) is 150 cm³/mol. The van der Waals surface area contributed by atoms with Crippen LogP contribution in [0.2, 0.25) is 0 Å². The normalized spacial score (nSPS) is 12.0. The summed E-state index contributed by atoms with van der Waals surface area (Å²) in [5.74, 6) is 5.42. The van der Waals surface area contributed by atoms with E-state index in [0.29, 0.717) is 12.3 Å². The van der Waals surface area contributed by atoms with Crippen LogP contribution in [0.4, 0.5) is 0 Å². The fourth-order valence-corrected chi connectivity index (χ4v) is 5.50. The molecule has 202 valence electrons. The molecule has 0 aliphatic rings. The van der Waals surface area contributed by atoms with Gasteiger partial charge in [0.05, 0.1) is 12.0 Å². The quantitative estimate of drug-likeness (QED) is 0.271. The first-order chi connectivity index (χ1) is 18.7. The predicted octanol–water partition coefficient (Wildman–Crippen LogP) is 4.38. The molecular formula is C30H30N2O6S. The molecule has 1 aromatic heterocycles. The Morgan fingerprint density at radius 1 is 1.08 bits per heavy atom. The number of carboxylic acids is 1. The molecule has 0 saturated carbocycles. The number of sulfonamides is 1. The molecular weight excluding hydrogens is 516 g/mol. The van der Waals surface area contributed by atoms with E-state index < -0.39 is 22.0 Å². The Labute approximate surface area is 228 Å². The van der Waals surface area contributed by atoms with Crippen molar-refractivity contribution in [3.05, 3.63) is 89.6 Å². The van der Waals surface area contributed by atoms with Gasteiger partial charge in [0.1, 0.15) is 24.1 Å². The van der Waals surface area contributed by atoms with E-state index in [0.717, 1.165) is 33.3 Å². The van der Waals surface area contributed by atoms with Gasteiger partial charge in [0, 0.05) is 30.1 Å². The largest absolute Gasteiger partial charge is 0.497 e. The molecule has 0 fully saturated rings. The van der Waals surface area contributed by atoms with E-state index >= 15 is 0 Å². The monoisotopic (exact) mass is 546 g/mol. The molecule has 0 saturated heterocycles. The molecule has 0 amide bonds. The van der Waals surface area contributed by atoms with Crippen molar-refractivity contribution in [1.82, 2.24) is 9.29 Å². The van der Waals surface area contributed by atoms with Crippen LogP contribution in [0.15, 0.2) is 77.8 Å². The number of aryl methyl sites for hydroxylation is 1. The number of aliphatic carboxylic acids is 1. The molecule has 1 atom stereocenters. The van der Waals surface area contributed by atoms with Crippen LogP contribution in [0.1, 0.15) is 23.6 Å². The number of benzene rings is 3. The summed E-state index contributed by atoms with van der Waals surface area (Å²) in [5.41, 5.74) is 3.69. The van der Waals surface area contributed by atoms with E-state index in [-0.39, 0.29) is 17.9 Å². The zero-order valence-electron chi connectivity index (χ0n) is 22.0. The van der Waals surface area contributed by atoms with Crippen LogP contribution < -0.4 is 14.2 Å². The Morgan fingerprint density at radius 3 is 2.54 bits per heavy atom. The fraction of sp³-hybridized carbons (Fsp3) is 0.233. The van der Waals surface area contributed by atoms with Crippen molar-refractivity contribution < 1.29 is 27.8 Å². The maximum atomic E-state index is 13.1. The third-order valence-corrected chi connectivity index (χ3v) is 7.74. The van der Waals surface area contributed by atoms with Gasteiger partial charge in [-0.05, 0) is 73.5 Å². The summed E-state index contributed by atoms with van der Waals surface area (Å²) in [6.45, 7) is 4.39. The van der Waals surface area contributed by atoms with Crippen LogP contribution in [-0.4, -0.2) is 43.8 Å². The number of methoxy groups -OCH3 is 1. The SMILES string of the molecule is CC#CCOc1ccc(S(=O)(=O)N[C@@H](Cc2cn(Cc3cccc(OC)c3)c3ccc(C)cc23)C(=O)O)cc1. The lowest BCUT2D eigenvalue weighted by Gasteiger charge is -2.15. The third kappa shape index (κ3) is 6.79. The second-order valence-corrected chi connectivity index (χ2v) is 10.8. The fourth-order valence-electron chi connectivity index (χ4n) is 4.31. The standard InChI is InChI=1S/C30H30N2O6S/c1-4-5-15-38-24-10-12-26(13-11-24)39(35,36)31-28(30(33)34)18-23-20-32(29-14-9-21(2)16-27(23)29)19-22-7-6-8-25(17-22)37-3/h6-14,16-17,20,28,31H,15,18-19H2,1-3H3,(H,33,34)/t28-/m0/s1. The number of hydrogen-bond acceptors (Lipinski definition) is 5. The summed E-state index contributed by atoms with van der Waals surface area (Å²) >= 11 is 0. The van der Waals surface area contributed by atoms with E-state index in [2.05, 4.69) is 16.6 Å². The summed E-state index contributed by atoms with van der Waals surface area (Å²) in [7, 11) is -2.50. The Bertz CT molecular complexity index is 1650. The molecule has 0 unspecified atom stereocenters. The molecule has 39 heavy (non-hydrogen) atoms. The third-order valence-electron chi connectivity index (χ3n) is 6.25. The first-order valence-electron chi connectivity index (χ1n) is 12.3. The topological polar surface area (TPSA) is 107 Å². The smallest absolute Gasteiger partial charge is 0.322 e. The van der Waals surface area contributed by atoms with Gasteiger partial charge in [-0.15, -0.1) is 5.92 Å². The molecule has 0 radical (unpaired) electrons. The Balaban J connectivity index is 1.60. The molecule has 0 spiro atoms. The summed E-state index contributed by atoms with van der Waals surface area (Å²) in [5, 5.41) is 10.8. The maximum Gasteiger partial charge on any atom is 0.322 e. The average Bonchev–Trinajstić information content (AvgIpc) is 3.24. The highest BCUT2D eigenvalue weighted by atomic mass is 32.2.